The van der Waals surface area contributed by atoms with Crippen LogP contribution in [0, 0.1) is 0 Å². The summed E-state index contributed by atoms with van der Waals surface area (Å²) in [6, 6.07) is 0. The van der Waals surface area contributed by atoms with Crippen molar-refractivity contribution in [2.45, 2.75) is 24.4 Å². The van der Waals surface area contributed by atoms with Crippen molar-refractivity contribution in [1.29, 1.82) is 0 Å². The van der Waals surface area contributed by atoms with Crippen molar-refractivity contribution in [2.75, 3.05) is 6.61 Å². The second-order valence-corrected chi connectivity index (χ2v) is 4.21. The number of aliphatic hydroxyl groups is 4. The minimum absolute atomic E-state index is 0. The zero-order valence-electron chi connectivity index (χ0n) is 11.2. The van der Waals surface area contributed by atoms with Crippen LogP contribution in [0.25, 0.3) is 0 Å². The molecule has 0 spiro atoms. The van der Waals surface area contributed by atoms with Crippen molar-refractivity contribution in [2.24, 2.45) is 0 Å². The van der Waals surface area contributed by atoms with E-state index in [-0.39, 0.29) is 88.7 Å². The third kappa shape index (κ3) is 12.9. The van der Waals surface area contributed by atoms with Gasteiger partial charge in [0.2, 0.25) is 0 Å². The van der Waals surface area contributed by atoms with Crippen molar-refractivity contribution in [1.82, 2.24) is 0 Å². The fourth-order valence-electron chi connectivity index (χ4n) is 0.820. The maximum Gasteiger partial charge on any atom is 1.00 e. The number of aliphatic hydroxyl groups excluding tert-OH is 4. The molecule has 0 amide bonds. The van der Waals surface area contributed by atoms with Crippen LogP contribution in [0.5, 0.6) is 0 Å². The Bertz CT molecular complexity index is 311. The molecule has 0 radical (unpaired) electrons. The summed E-state index contributed by atoms with van der Waals surface area (Å²) < 4.78 is 13.6. The Hall–Kier alpha value is 2.42. The van der Waals surface area contributed by atoms with Gasteiger partial charge in [0.25, 0.3) is 0 Å². The number of hydrogen-bond donors (Lipinski definition) is 4. The van der Waals surface area contributed by atoms with E-state index in [1.807, 2.05) is 0 Å². The van der Waals surface area contributed by atoms with Crippen LogP contribution in [0.1, 0.15) is 0 Å². The third-order valence-corrected chi connectivity index (χ3v) is 2.18. The molecule has 0 aliphatic heterocycles. The van der Waals surface area contributed by atoms with Gasteiger partial charge in [-0.25, -0.2) is 0 Å². The standard InChI is InChI=1S/C6H13O10P.3Na/c7-2(1-16-17(13,14)15)3(8)4(9)5(10)6(11)12;;;/h2-5,7-10H,1H2,(H,11,12)(H2,13,14,15);;;/q;3*+1/p-3/t2-,3-,4+,5-;;;/m1.../s1. The monoisotopic (exact) mass is 342 g/mol. The number of phosphoric ester groups is 1. The predicted molar refractivity (Wildman–Crippen MR) is 42.6 cm³/mol. The number of carbonyl (C=O) groups is 1. The summed E-state index contributed by atoms with van der Waals surface area (Å²) in [7, 11) is -5.38. The van der Waals surface area contributed by atoms with Gasteiger partial charge in [-0.1, -0.05) is 0 Å². The van der Waals surface area contributed by atoms with Gasteiger partial charge in [0.1, 0.15) is 24.4 Å². The minimum atomic E-state index is -5.38. The number of hydrogen-bond acceptors (Lipinski definition) is 10. The van der Waals surface area contributed by atoms with Gasteiger partial charge in [-0.05, 0) is 0 Å². The molecule has 102 valence electrons. The number of rotatable bonds is 7. The fourth-order valence-corrected chi connectivity index (χ4v) is 1.16. The van der Waals surface area contributed by atoms with E-state index in [2.05, 4.69) is 4.52 Å². The Morgan fingerprint density at radius 1 is 1.05 bits per heavy atom. The SMILES string of the molecule is O=C([O-])[C@H](O)[C@@H](O)[C@H](O)[C@H](O)COP(=O)([O-])[O-].[Na+].[Na+].[Na+]. The quantitative estimate of drug-likeness (QED) is 0.255. The van der Waals surface area contributed by atoms with Crippen molar-refractivity contribution >= 4 is 13.8 Å². The Labute approximate surface area is 180 Å². The average molecular weight is 342 g/mol. The van der Waals surface area contributed by atoms with Gasteiger partial charge in [0.15, 0.2) is 0 Å². The molecule has 0 aromatic carbocycles. The van der Waals surface area contributed by atoms with E-state index in [1.54, 1.807) is 0 Å². The van der Waals surface area contributed by atoms with Gasteiger partial charge < -0.3 is 49.2 Å². The summed E-state index contributed by atoms with van der Waals surface area (Å²) in [4.78, 5) is 30.1. The Balaban J connectivity index is -0.000000427. The molecule has 0 saturated carbocycles. The summed E-state index contributed by atoms with van der Waals surface area (Å²) in [5, 5.41) is 45.9. The van der Waals surface area contributed by atoms with Crippen LogP contribution < -0.4 is 104 Å². The molecule has 0 aliphatic rings. The van der Waals surface area contributed by atoms with E-state index in [0.29, 0.717) is 0 Å². The summed E-state index contributed by atoms with van der Waals surface area (Å²) in [5.41, 5.74) is 0. The molecule has 0 fully saturated rings. The molecule has 0 bridgehead atoms. The van der Waals surface area contributed by atoms with E-state index >= 15 is 0 Å². The molecule has 0 unspecified atom stereocenters. The largest absolute Gasteiger partial charge is 1.00 e. The van der Waals surface area contributed by atoms with Gasteiger partial charge >= 0.3 is 88.7 Å². The minimum Gasteiger partial charge on any atom is -0.790 e. The van der Waals surface area contributed by atoms with Gasteiger partial charge in [-0.2, -0.15) is 0 Å². The van der Waals surface area contributed by atoms with E-state index in [0.717, 1.165) is 0 Å². The van der Waals surface area contributed by atoms with Crippen LogP contribution in [-0.4, -0.2) is 57.4 Å². The molecule has 14 heteroatoms. The van der Waals surface area contributed by atoms with Gasteiger partial charge in [-0.3, -0.25) is 0 Å². The number of phosphoric acid groups is 1. The number of carbonyl (C=O) groups excluding carboxylic acids is 1. The first-order valence-corrected chi connectivity index (χ1v) is 5.62. The molecule has 0 aliphatic carbocycles. The fraction of sp³-hybridized carbons (Fsp3) is 0.833. The third-order valence-electron chi connectivity index (χ3n) is 1.71. The smallest absolute Gasteiger partial charge is 0.790 e. The molecule has 0 rings (SSSR count). The van der Waals surface area contributed by atoms with Crippen LogP contribution in [0.3, 0.4) is 0 Å². The molecule has 4 atom stereocenters. The summed E-state index contributed by atoms with van der Waals surface area (Å²) in [6.45, 7) is -1.19. The maximum absolute atomic E-state index is 10.1. The second kappa shape index (κ2) is 13.8. The molecule has 20 heavy (non-hydrogen) atoms. The van der Waals surface area contributed by atoms with E-state index in [4.69, 9.17) is 20.4 Å². The Morgan fingerprint density at radius 2 is 1.45 bits per heavy atom. The van der Waals surface area contributed by atoms with Crippen LogP contribution in [-0.2, 0) is 13.9 Å². The van der Waals surface area contributed by atoms with Crippen molar-refractivity contribution in [3.05, 3.63) is 0 Å². The van der Waals surface area contributed by atoms with Crippen LogP contribution in [0.2, 0.25) is 0 Å². The van der Waals surface area contributed by atoms with Crippen LogP contribution in [0.15, 0.2) is 0 Å². The zero-order chi connectivity index (χ0) is 13.8. The maximum atomic E-state index is 10.1. The number of carboxylic acid groups (broad SMARTS) is 1. The van der Waals surface area contributed by atoms with Gasteiger partial charge in [-0.15, -0.1) is 0 Å². The van der Waals surface area contributed by atoms with Crippen molar-refractivity contribution in [3.8, 4) is 0 Å². The first kappa shape index (κ1) is 30.3. The average Bonchev–Trinajstić information content (AvgIpc) is 2.21. The molecule has 10 nitrogen and oxygen atoms in total. The summed E-state index contributed by atoms with van der Waals surface area (Å²) in [6.07, 6.45) is -9.16. The normalized spacial score (nSPS) is 16.5. The predicted octanol–water partition coefficient (Wildman–Crippen LogP) is -15.0. The molecule has 0 saturated heterocycles. The van der Waals surface area contributed by atoms with Crippen molar-refractivity contribution in [3.63, 3.8) is 0 Å². The van der Waals surface area contributed by atoms with E-state index in [1.165, 1.54) is 0 Å². The molecule has 0 aromatic rings. The molecule has 0 heterocycles. The number of aliphatic carboxylic acids is 1. The Kier molecular flexibility index (Phi) is 21.0. The van der Waals surface area contributed by atoms with E-state index < -0.39 is 44.8 Å². The summed E-state index contributed by atoms with van der Waals surface area (Å²) in [5.74, 6) is -2.11. The first-order valence-electron chi connectivity index (χ1n) is 4.16. The zero-order valence-corrected chi connectivity index (χ0v) is 18.1. The van der Waals surface area contributed by atoms with Crippen LogP contribution >= 0.6 is 7.82 Å². The van der Waals surface area contributed by atoms with Crippen LogP contribution in [0.4, 0.5) is 0 Å². The molecule has 4 N–H and O–H groups in total. The van der Waals surface area contributed by atoms with Crippen molar-refractivity contribution < 1.29 is 138 Å². The topological polar surface area (TPSA) is 193 Å². The summed E-state index contributed by atoms with van der Waals surface area (Å²) >= 11 is 0. The van der Waals surface area contributed by atoms with Gasteiger partial charge in [0.05, 0.1) is 20.4 Å². The number of carboxylic acids is 1. The molecular formula is C6H10Na3O10P. The molecule has 0 aromatic heterocycles. The second-order valence-electron chi connectivity index (χ2n) is 3.06. The molecular weight excluding hydrogens is 332 g/mol. The Morgan fingerprint density at radius 3 is 1.75 bits per heavy atom. The first-order chi connectivity index (χ1) is 7.56. The van der Waals surface area contributed by atoms with E-state index in [9.17, 15) is 24.3 Å². The van der Waals surface area contributed by atoms with Gasteiger partial charge in [0, 0.05) is 0 Å².